The van der Waals surface area contributed by atoms with Gasteiger partial charge in [-0.3, -0.25) is 24.1 Å². The number of aliphatic hydroxyl groups is 3. The van der Waals surface area contributed by atoms with E-state index >= 15 is 0 Å². The average Bonchev–Trinajstić information content (AvgIpc) is 2.95. The minimum atomic E-state index is -2.72. The van der Waals surface area contributed by atoms with Gasteiger partial charge >= 0.3 is 0 Å². The molecule has 0 saturated heterocycles. The number of ketones is 2. The van der Waals surface area contributed by atoms with Gasteiger partial charge in [0, 0.05) is 31.3 Å². The van der Waals surface area contributed by atoms with Crippen molar-refractivity contribution >= 4 is 40.5 Å². The number of aliphatic hydroxyl groups excluding tert-OH is 2. The molecule has 0 spiro atoms. The largest absolute Gasteiger partial charge is 0.508 e. The molecule has 4 atom stereocenters. The number of nitrogens with one attached hydrogen (secondary N) is 2. The monoisotopic (exact) mass is 627 g/mol. The van der Waals surface area contributed by atoms with Crippen molar-refractivity contribution in [1.82, 2.24) is 10.2 Å². The molecular formula is C32H45N5O8. The van der Waals surface area contributed by atoms with E-state index in [1.165, 1.54) is 11.3 Å². The number of phenolic OH excluding ortho intramolecular Hbond substituents is 1. The zero-order valence-electron chi connectivity index (χ0n) is 26.6. The van der Waals surface area contributed by atoms with E-state index in [-0.39, 0.29) is 36.2 Å². The molecule has 45 heavy (non-hydrogen) atoms. The number of fused-ring (bicyclic) bond motifs is 3. The second-order valence-electron chi connectivity index (χ2n) is 12.6. The fourth-order valence-corrected chi connectivity index (χ4v) is 7.04. The molecule has 0 heterocycles. The van der Waals surface area contributed by atoms with Gasteiger partial charge in [-0.2, -0.15) is 0 Å². The third kappa shape index (κ3) is 5.91. The van der Waals surface area contributed by atoms with Gasteiger partial charge in [-0.25, -0.2) is 0 Å². The van der Waals surface area contributed by atoms with Gasteiger partial charge in [0.2, 0.25) is 11.7 Å². The predicted octanol–water partition coefficient (Wildman–Crippen LogP) is 1.53. The molecule has 13 nitrogen and oxygen atoms in total. The minimum absolute atomic E-state index is 0.00320. The molecule has 1 aromatic carbocycles. The smallest absolute Gasteiger partial charge is 0.255 e. The number of benzene rings is 1. The third-order valence-corrected chi connectivity index (χ3v) is 9.20. The van der Waals surface area contributed by atoms with E-state index in [1.807, 2.05) is 0 Å². The highest BCUT2D eigenvalue weighted by Crippen LogP contribution is 2.54. The highest BCUT2D eigenvalue weighted by atomic mass is 16.3. The van der Waals surface area contributed by atoms with Gasteiger partial charge in [0.15, 0.2) is 11.4 Å². The van der Waals surface area contributed by atoms with Crippen molar-refractivity contribution in [3.63, 3.8) is 0 Å². The Morgan fingerprint density at radius 1 is 1.07 bits per heavy atom. The molecule has 3 aliphatic rings. The van der Waals surface area contributed by atoms with Crippen molar-refractivity contribution in [2.45, 2.75) is 63.5 Å². The number of likely N-dealkylation sites (N-methyl/N-ethyl adjacent to an activating group) is 1. The molecule has 8 N–H and O–H groups in total. The Labute approximate surface area is 262 Å². The third-order valence-electron chi connectivity index (χ3n) is 9.20. The summed E-state index contributed by atoms with van der Waals surface area (Å²) in [5, 5.41) is 51.6. The Morgan fingerprint density at radius 2 is 1.73 bits per heavy atom. The van der Waals surface area contributed by atoms with Crippen LogP contribution in [0, 0.1) is 11.8 Å². The summed E-state index contributed by atoms with van der Waals surface area (Å²) in [6.45, 7) is 2.81. The van der Waals surface area contributed by atoms with Gasteiger partial charge < -0.3 is 41.7 Å². The number of nitrogens with zero attached hydrogens (tertiary/aromatic N) is 2. The van der Waals surface area contributed by atoms with Gasteiger partial charge in [-0.15, -0.1) is 0 Å². The number of phenols is 1. The first-order valence-corrected chi connectivity index (χ1v) is 15.4. The molecule has 3 aliphatic carbocycles. The van der Waals surface area contributed by atoms with E-state index in [2.05, 4.69) is 17.6 Å². The number of aromatic hydroxyl groups is 1. The minimum Gasteiger partial charge on any atom is -0.508 e. The van der Waals surface area contributed by atoms with Crippen molar-refractivity contribution in [1.29, 1.82) is 0 Å². The number of Topliss-reactive ketones (excluding diaryl/α,β-unsaturated/α-hetero) is 2. The lowest BCUT2D eigenvalue weighted by Gasteiger charge is -2.50. The van der Waals surface area contributed by atoms with Crippen LogP contribution in [-0.4, -0.2) is 102 Å². The van der Waals surface area contributed by atoms with Crippen LogP contribution in [0.15, 0.2) is 23.0 Å². The Kier molecular flexibility index (Phi) is 9.95. The maximum atomic E-state index is 14.1. The van der Waals surface area contributed by atoms with E-state index in [4.69, 9.17) is 5.73 Å². The molecule has 0 radical (unpaired) electrons. The summed E-state index contributed by atoms with van der Waals surface area (Å²) in [7, 11) is 6.62. The molecule has 4 rings (SSSR count). The number of hydrogen-bond acceptors (Lipinski definition) is 11. The van der Waals surface area contributed by atoms with Crippen LogP contribution in [-0.2, 0) is 25.6 Å². The van der Waals surface area contributed by atoms with Gasteiger partial charge in [0.1, 0.15) is 22.8 Å². The Hall–Kier alpha value is -3.94. The lowest BCUT2D eigenvalue weighted by atomic mass is 9.57. The molecule has 1 fully saturated rings. The topological polar surface area (TPSA) is 206 Å². The summed E-state index contributed by atoms with van der Waals surface area (Å²) in [4.78, 5) is 55.6. The van der Waals surface area contributed by atoms with Crippen LogP contribution in [0.4, 0.5) is 11.4 Å². The summed E-state index contributed by atoms with van der Waals surface area (Å²) < 4.78 is 0. The number of anilines is 2. The molecule has 1 saturated carbocycles. The number of carbonyl (C=O) groups is 4. The highest BCUT2D eigenvalue weighted by Gasteiger charge is 2.64. The number of hydrogen-bond donors (Lipinski definition) is 7. The molecule has 13 heteroatoms. The van der Waals surface area contributed by atoms with Gasteiger partial charge in [0.05, 0.1) is 23.8 Å². The number of carbonyl (C=O) groups excluding carboxylic acids is 4. The molecule has 0 bridgehead atoms. The van der Waals surface area contributed by atoms with Gasteiger partial charge in [-0.1, -0.05) is 32.6 Å². The van der Waals surface area contributed by atoms with Crippen molar-refractivity contribution in [3.05, 3.63) is 34.1 Å². The van der Waals surface area contributed by atoms with Crippen LogP contribution < -0.4 is 21.3 Å². The van der Waals surface area contributed by atoms with Crippen molar-refractivity contribution < 1.29 is 39.6 Å². The van der Waals surface area contributed by atoms with Crippen LogP contribution >= 0.6 is 0 Å². The van der Waals surface area contributed by atoms with Gasteiger partial charge in [0.25, 0.3) is 5.91 Å². The number of rotatable bonds is 12. The van der Waals surface area contributed by atoms with E-state index in [0.717, 1.165) is 25.7 Å². The number of unbranched alkanes of at least 4 members (excludes halogenated alkanes) is 4. The first kappa shape index (κ1) is 33.9. The summed E-state index contributed by atoms with van der Waals surface area (Å²) >= 11 is 0. The van der Waals surface area contributed by atoms with Crippen molar-refractivity contribution in [3.8, 4) is 5.75 Å². The van der Waals surface area contributed by atoms with Crippen LogP contribution in [0.5, 0.6) is 5.75 Å². The molecule has 0 aliphatic heterocycles. The van der Waals surface area contributed by atoms with Crippen molar-refractivity contribution in [2.24, 2.45) is 17.6 Å². The fourth-order valence-electron chi connectivity index (χ4n) is 7.04. The maximum absolute atomic E-state index is 14.1. The van der Waals surface area contributed by atoms with E-state index in [1.54, 1.807) is 39.2 Å². The van der Waals surface area contributed by atoms with E-state index in [9.17, 15) is 39.6 Å². The lowest BCUT2D eigenvalue weighted by molar-refractivity contribution is -0.153. The Balaban J connectivity index is 1.73. The summed E-state index contributed by atoms with van der Waals surface area (Å²) in [5.41, 5.74) is 2.55. The lowest BCUT2D eigenvalue weighted by Crippen LogP contribution is -2.65. The number of primary amides is 1. The molecule has 2 amide bonds. The van der Waals surface area contributed by atoms with E-state index in [0.29, 0.717) is 17.8 Å². The summed E-state index contributed by atoms with van der Waals surface area (Å²) in [6.07, 6.45) is 5.58. The standard InChI is InChI=1S/C32H45N5O8/c1-6-7-8-9-10-11-34-15-21(38)35-19-14-20(36(2)3)17-12-16-13-18-25(37(4)5)28(41)24(31(33)44)30(43)32(18,45)29(42)22(16)27(40)23(17)26(19)39/h14,16,18,25,34,39-40,43,45H,6-13,15H2,1-5H3,(H2,33,44)(H,35,38)/t16?,18?,25-,32-/m0/s1. The second-order valence-corrected chi connectivity index (χ2v) is 12.6. The molecule has 0 aromatic heterocycles. The zero-order valence-corrected chi connectivity index (χ0v) is 26.6. The number of nitrogens with two attached hydrogens (primary N) is 1. The highest BCUT2D eigenvalue weighted by molar-refractivity contribution is 6.24. The first-order valence-electron chi connectivity index (χ1n) is 15.4. The quantitative estimate of drug-likeness (QED) is 0.100. The molecule has 1 aromatic rings. The van der Waals surface area contributed by atoms with Crippen LogP contribution in [0.1, 0.15) is 56.6 Å². The summed E-state index contributed by atoms with van der Waals surface area (Å²) in [6, 6.07) is 0.433. The predicted molar refractivity (Wildman–Crippen MR) is 169 cm³/mol. The number of amides is 2. The normalized spacial score (nSPS) is 24.4. The second kappa shape index (κ2) is 13.2. The van der Waals surface area contributed by atoms with Gasteiger partial charge in [-0.05, 0) is 57.5 Å². The first-order chi connectivity index (χ1) is 21.2. The molecule has 2 unspecified atom stereocenters. The van der Waals surface area contributed by atoms with Crippen LogP contribution in [0.3, 0.4) is 0 Å². The molecular weight excluding hydrogens is 582 g/mol. The average molecular weight is 628 g/mol. The van der Waals surface area contributed by atoms with E-state index < -0.39 is 69.7 Å². The fraction of sp³-hybridized carbons (Fsp3) is 0.562. The maximum Gasteiger partial charge on any atom is 0.255 e. The zero-order chi connectivity index (χ0) is 33.4. The Bertz CT molecular complexity index is 1470. The summed E-state index contributed by atoms with van der Waals surface area (Å²) in [5.74, 6) is -7.69. The van der Waals surface area contributed by atoms with Crippen molar-refractivity contribution in [2.75, 3.05) is 51.5 Å². The van der Waals surface area contributed by atoms with Crippen LogP contribution in [0.25, 0.3) is 5.76 Å². The Morgan fingerprint density at radius 3 is 2.33 bits per heavy atom. The van der Waals surface area contributed by atoms with Crippen LogP contribution in [0.2, 0.25) is 0 Å². The SMILES string of the molecule is CCCCCCCNCC(=O)Nc1cc(N(C)C)c2c(c1O)C(O)=C1C(=O)[C@]3(O)C(O)=C(C(N)=O)C(=O)[C@@H](N(C)C)C3CC1C2. The molecule has 246 valence electrons.